The molecule has 0 bridgehead atoms. The monoisotopic (exact) mass is 259 g/mol. The van der Waals surface area contributed by atoms with E-state index in [1.165, 1.54) is 0 Å². The zero-order chi connectivity index (χ0) is 13.8. The molecule has 102 valence electrons. The second-order valence-corrected chi connectivity index (χ2v) is 5.08. The summed E-state index contributed by atoms with van der Waals surface area (Å²) in [7, 11) is 2.08. The Labute approximate surface area is 114 Å². The van der Waals surface area contributed by atoms with Gasteiger partial charge in [0.1, 0.15) is 0 Å². The maximum Gasteiger partial charge on any atom is 0.246 e. The van der Waals surface area contributed by atoms with E-state index in [1.807, 2.05) is 36.1 Å². The van der Waals surface area contributed by atoms with E-state index in [0.29, 0.717) is 0 Å². The van der Waals surface area contributed by atoms with E-state index in [0.717, 1.165) is 43.0 Å². The van der Waals surface area contributed by atoms with Crippen LogP contribution in [-0.4, -0.2) is 48.9 Å². The third kappa shape index (κ3) is 3.58. The van der Waals surface area contributed by atoms with E-state index >= 15 is 0 Å². The van der Waals surface area contributed by atoms with Crippen molar-refractivity contribution in [3.05, 3.63) is 35.4 Å². The molecule has 1 heterocycles. The van der Waals surface area contributed by atoms with Gasteiger partial charge in [-0.1, -0.05) is 12.1 Å². The van der Waals surface area contributed by atoms with Crippen LogP contribution in [0, 0.1) is 6.92 Å². The van der Waals surface area contributed by atoms with Gasteiger partial charge in [-0.3, -0.25) is 4.79 Å². The number of nitrogens with two attached hydrogens (primary N) is 1. The predicted molar refractivity (Wildman–Crippen MR) is 78.7 cm³/mol. The lowest BCUT2D eigenvalue weighted by molar-refractivity contribution is -0.127. The molecule has 1 aromatic rings. The summed E-state index contributed by atoms with van der Waals surface area (Å²) >= 11 is 0. The fourth-order valence-electron chi connectivity index (χ4n) is 2.06. The number of benzene rings is 1. The summed E-state index contributed by atoms with van der Waals surface area (Å²) in [5.74, 6) is 0.0762. The van der Waals surface area contributed by atoms with E-state index in [9.17, 15) is 4.79 Å². The average Bonchev–Trinajstić information content (AvgIpc) is 2.40. The van der Waals surface area contributed by atoms with E-state index in [2.05, 4.69) is 11.9 Å². The van der Waals surface area contributed by atoms with Crippen LogP contribution < -0.4 is 5.73 Å². The first-order valence-electron chi connectivity index (χ1n) is 6.58. The molecule has 1 saturated heterocycles. The van der Waals surface area contributed by atoms with Crippen LogP contribution in [0.15, 0.2) is 24.3 Å². The molecule has 2 rings (SSSR count). The number of nitrogens with zero attached hydrogens (tertiary/aromatic N) is 2. The maximum absolute atomic E-state index is 12.0. The molecule has 0 saturated carbocycles. The second kappa shape index (κ2) is 5.89. The number of piperazine rings is 1. The highest BCUT2D eigenvalue weighted by atomic mass is 16.2. The van der Waals surface area contributed by atoms with E-state index in [-0.39, 0.29) is 5.91 Å². The van der Waals surface area contributed by atoms with Crippen molar-refractivity contribution in [3.63, 3.8) is 0 Å². The Balaban J connectivity index is 1.98. The summed E-state index contributed by atoms with van der Waals surface area (Å²) < 4.78 is 0. The fraction of sp³-hybridized carbons (Fsp3) is 0.400. The Kier molecular flexibility index (Phi) is 4.22. The van der Waals surface area contributed by atoms with Gasteiger partial charge >= 0.3 is 0 Å². The molecule has 1 amide bonds. The molecule has 1 fully saturated rings. The van der Waals surface area contributed by atoms with Gasteiger partial charge in [-0.25, -0.2) is 0 Å². The predicted octanol–water partition coefficient (Wildman–Crippen LogP) is 1.36. The maximum atomic E-state index is 12.0. The second-order valence-electron chi connectivity index (χ2n) is 5.08. The third-order valence-corrected chi connectivity index (χ3v) is 3.54. The first kappa shape index (κ1) is 13.6. The highest BCUT2D eigenvalue weighted by molar-refractivity contribution is 5.92. The van der Waals surface area contributed by atoms with Crippen molar-refractivity contribution in [2.75, 3.05) is 39.0 Å². The minimum Gasteiger partial charge on any atom is -0.398 e. The SMILES string of the molecule is Cc1ccc(/C=C/C(=O)N2CCN(C)CC2)cc1N. The molecule has 0 aromatic heterocycles. The number of anilines is 1. The lowest BCUT2D eigenvalue weighted by Crippen LogP contribution is -2.46. The Morgan fingerprint density at radius 2 is 1.95 bits per heavy atom. The van der Waals surface area contributed by atoms with Crippen LogP contribution in [-0.2, 0) is 4.79 Å². The van der Waals surface area contributed by atoms with Gasteiger partial charge in [0.15, 0.2) is 0 Å². The van der Waals surface area contributed by atoms with Gasteiger partial charge in [-0.15, -0.1) is 0 Å². The molecule has 0 atom stereocenters. The Morgan fingerprint density at radius 1 is 1.26 bits per heavy atom. The first-order chi connectivity index (χ1) is 9.06. The molecule has 1 aliphatic rings. The van der Waals surface area contributed by atoms with Gasteiger partial charge in [0.25, 0.3) is 0 Å². The summed E-state index contributed by atoms with van der Waals surface area (Å²) in [6.07, 6.45) is 3.46. The summed E-state index contributed by atoms with van der Waals surface area (Å²) in [6.45, 7) is 5.46. The van der Waals surface area contributed by atoms with Gasteiger partial charge in [0, 0.05) is 37.9 Å². The normalized spacial score (nSPS) is 17.1. The number of hydrogen-bond acceptors (Lipinski definition) is 3. The standard InChI is InChI=1S/C15H21N3O/c1-12-3-4-13(11-14(12)16)5-6-15(19)18-9-7-17(2)8-10-18/h3-6,11H,7-10,16H2,1-2H3/b6-5+. The van der Waals surface area contributed by atoms with Gasteiger partial charge in [-0.2, -0.15) is 0 Å². The highest BCUT2D eigenvalue weighted by Crippen LogP contribution is 2.14. The van der Waals surface area contributed by atoms with Gasteiger partial charge < -0.3 is 15.5 Å². The number of carbonyl (C=O) groups is 1. The van der Waals surface area contributed by atoms with E-state index in [1.54, 1.807) is 6.08 Å². The van der Waals surface area contributed by atoms with Crippen molar-refractivity contribution >= 4 is 17.7 Å². The molecule has 0 unspecified atom stereocenters. The van der Waals surface area contributed by atoms with Crippen LogP contribution in [0.3, 0.4) is 0 Å². The van der Waals surface area contributed by atoms with Crippen molar-refractivity contribution in [2.45, 2.75) is 6.92 Å². The highest BCUT2D eigenvalue weighted by Gasteiger charge is 2.16. The molecule has 4 heteroatoms. The largest absolute Gasteiger partial charge is 0.398 e. The molecule has 0 aliphatic carbocycles. The number of aryl methyl sites for hydroxylation is 1. The Hall–Kier alpha value is -1.81. The zero-order valence-electron chi connectivity index (χ0n) is 11.6. The number of rotatable bonds is 2. The molecule has 0 spiro atoms. The summed E-state index contributed by atoms with van der Waals surface area (Å²) in [5.41, 5.74) is 8.63. The zero-order valence-corrected chi connectivity index (χ0v) is 11.6. The number of amides is 1. The first-order valence-corrected chi connectivity index (χ1v) is 6.58. The quantitative estimate of drug-likeness (QED) is 0.644. The van der Waals surface area contributed by atoms with E-state index in [4.69, 9.17) is 5.73 Å². The number of hydrogen-bond donors (Lipinski definition) is 1. The van der Waals surface area contributed by atoms with Gasteiger partial charge in [0.05, 0.1) is 0 Å². The van der Waals surface area contributed by atoms with Crippen LogP contribution in [0.25, 0.3) is 6.08 Å². The van der Waals surface area contributed by atoms with Crippen LogP contribution in [0.5, 0.6) is 0 Å². The molecular weight excluding hydrogens is 238 g/mol. The molecule has 19 heavy (non-hydrogen) atoms. The van der Waals surface area contributed by atoms with Crippen LogP contribution >= 0.6 is 0 Å². The van der Waals surface area contributed by atoms with Crippen LogP contribution in [0.2, 0.25) is 0 Å². The topological polar surface area (TPSA) is 49.6 Å². The van der Waals surface area contributed by atoms with Crippen LogP contribution in [0.4, 0.5) is 5.69 Å². The summed E-state index contributed by atoms with van der Waals surface area (Å²) in [5, 5.41) is 0. The minimum absolute atomic E-state index is 0.0762. The number of nitrogen functional groups attached to an aromatic ring is 1. The molecule has 1 aromatic carbocycles. The number of carbonyl (C=O) groups excluding carboxylic acids is 1. The van der Waals surface area contributed by atoms with Crippen molar-refractivity contribution in [2.24, 2.45) is 0 Å². The molecule has 2 N–H and O–H groups in total. The minimum atomic E-state index is 0.0762. The van der Waals surface area contributed by atoms with Gasteiger partial charge in [0.2, 0.25) is 5.91 Å². The number of likely N-dealkylation sites (N-methyl/N-ethyl adjacent to an activating group) is 1. The Bertz CT molecular complexity index is 488. The van der Waals surface area contributed by atoms with E-state index < -0.39 is 0 Å². The summed E-state index contributed by atoms with van der Waals surface area (Å²) in [6, 6.07) is 5.83. The van der Waals surface area contributed by atoms with Gasteiger partial charge in [-0.05, 0) is 37.2 Å². The van der Waals surface area contributed by atoms with Crippen molar-refractivity contribution in [1.29, 1.82) is 0 Å². The molecule has 0 radical (unpaired) electrons. The lowest BCUT2D eigenvalue weighted by Gasteiger charge is -2.31. The molecular formula is C15H21N3O. The third-order valence-electron chi connectivity index (χ3n) is 3.54. The van der Waals surface area contributed by atoms with Crippen molar-refractivity contribution in [1.82, 2.24) is 9.80 Å². The summed E-state index contributed by atoms with van der Waals surface area (Å²) in [4.78, 5) is 16.1. The van der Waals surface area contributed by atoms with Crippen molar-refractivity contribution < 1.29 is 4.79 Å². The fourth-order valence-corrected chi connectivity index (χ4v) is 2.06. The molecule has 1 aliphatic heterocycles. The lowest BCUT2D eigenvalue weighted by atomic mass is 10.1. The average molecular weight is 259 g/mol. The van der Waals surface area contributed by atoms with Crippen LogP contribution in [0.1, 0.15) is 11.1 Å². The van der Waals surface area contributed by atoms with Crippen molar-refractivity contribution in [3.8, 4) is 0 Å². The Morgan fingerprint density at radius 3 is 2.58 bits per heavy atom. The smallest absolute Gasteiger partial charge is 0.246 e. The molecule has 4 nitrogen and oxygen atoms in total.